The van der Waals surface area contributed by atoms with Crippen molar-refractivity contribution in [3.8, 4) is 16.6 Å². The second-order valence-corrected chi connectivity index (χ2v) is 3.81. The quantitative estimate of drug-likeness (QED) is 0.866. The van der Waals surface area contributed by atoms with E-state index in [0.29, 0.717) is 16.6 Å². The van der Waals surface area contributed by atoms with Gasteiger partial charge < -0.3 is 9.84 Å². The van der Waals surface area contributed by atoms with Gasteiger partial charge in [0.25, 0.3) is 0 Å². The zero-order valence-electron chi connectivity index (χ0n) is 8.25. The standard InChI is InChI=1S/C9H7N3O3S/c1-15-7-4-10-2-5(12-7)8-11-3-6(16-8)9(13)14/h2-4H,1H3,(H,13,14). The molecule has 82 valence electrons. The van der Waals surface area contributed by atoms with Crippen LogP contribution < -0.4 is 4.74 Å². The van der Waals surface area contributed by atoms with Gasteiger partial charge in [-0.15, -0.1) is 11.3 Å². The lowest BCUT2D eigenvalue weighted by molar-refractivity contribution is 0.0702. The van der Waals surface area contributed by atoms with Gasteiger partial charge in [-0.3, -0.25) is 4.98 Å². The number of hydrogen-bond acceptors (Lipinski definition) is 6. The minimum atomic E-state index is -1.00. The Hall–Kier alpha value is -2.02. The van der Waals surface area contributed by atoms with E-state index in [1.165, 1.54) is 25.7 Å². The highest BCUT2D eigenvalue weighted by atomic mass is 32.1. The smallest absolute Gasteiger partial charge is 0.347 e. The third-order valence-electron chi connectivity index (χ3n) is 1.76. The Bertz CT molecular complexity index is 526. The molecule has 2 heterocycles. The predicted octanol–water partition coefficient (Wildman–Crippen LogP) is 1.31. The Labute approximate surface area is 94.6 Å². The van der Waals surface area contributed by atoms with Gasteiger partial charge in [0, 0.05) is 0 Å². The molecule has 2 aromatic rings. The van der Waals surface area contributed by atoms with Gasteiger partial charge in [0.05, 0.1) is 25.7 Å². The molecule has 0 radical (unpaired) electrons. The molecule has 0 spiro atoms. The largest absolute Gasteiger partial charge is 0.480 e. The molecule has 0 amide bonds. The molecular formula is C9H7N3O3S. The number of aromatic carboxylic acids is 1. The van der Waals surface area contributed by atoms with Crippen LogP contribution >= 0.6 is 11.3 Å². The van der Waals surface area contributed by atoms with Crippen molar-refractivity contribution in [1.29, 1.82) is 0 Å². The van der Waals surface area contributed by atoms with E-state index in [-0.39, 0.29) is 4.88 Å². The molecule has 2 aromatic heterocycles. The molecule has 0 atom stereocenters. The normalized spacial score (nSPS) is 10.1. The summed E-state index contributed by atoms with van der Waals surface area (Å²) < 4.78 is 4.92. The van der Waals surface area contributed by atoms with Crippen molar-refractivity contribution >= 4 is 17.3 Å². The minimum absolute atomic E-state index is 0.166. The van der Waals surface area contributed by atoms with E-state index in [9.17, 15) is 4.79 Å². The fourth-order valence-corrected chi connectivity index (χ4v) is 1.75. The van der Waals surface area contributed by atoms with Gasteiger partial charge in [-0.2, -0.15) is 0 Å². The minimum Gasteiger partial charge on any atom is -0.480 e. The maximum absolute atomic E-state index is 10.7. The molecule has 0 aliphatic heterocycles. The van der Waals surface area contributed by atoms with Gasteiger partial charge in [-0.1, -0.05) is 0 Å². The Kier molecular flexibility index (Phi) is 2.78. The van der Waals surface area contributed by atoms with Crippen LogP contribution in [0.4, 0.5) is 0 Å². The summed E-state index contributed by atoms with van der Waals surface area (Å²) in [7, 11) is 1.48. The number of hydrogen-bond donors (Lipinski definition) is 1. The van der Waals surface area contributed by atoms with Crippen LogP contribution in [0.25, 0.3) is 10.7 Å². The van der Waals surface area contributed by atoms with Crippen LogP contribution in [0.5, 0.6) is 5.88 Å². The molecule has 0 aromatic carbocycles. The van der Waals surface area contributed by atoms with E-state index in [0.717, 1.165) is 11.3 Å². The summed E-state index contributed by atoms with van der Waals surface area (Å²) in [6.07, 6.45) is 4.27. The maximum Gasteiger partial charge on any atom is 0.347 e. The number of nitrogens with zero attached hydrogens (tertiary/aromatic N) is 3. The Balaban J connectivity index is 2.38. The molecular weight excluding hydrogens is 230 g/mol. The Morgan fingerprint density at radius 1 is 1.44 bits per heavy atom. The topological polar surface area (TPSA) is 85.2 Å². The van der Waals surface area contributed by atoms with Crippen LogP contribution in [-0.2, 0) is 0 Å². The third kappa shape index (κ3) is 1.98. The predicted molar refractivity (Wildman–Crippen MR) is 56.7 cm³/mol. The van der Waals surface area contributed by atoms with Crippen LogP contribution in [-0.4, -0.2) is 33.1 Å². The number of thiazole rings is 1. The lowest BCUT2D eigenvalue weighted by Gasteiger charge is -1.98. The monoisotopic (exact) mass is 237 g/mol. The summed E-state index contributed by atoms with van der Waals surface area (Å²) >= 11 is 1.04. The SMILES string of the molecule is COc1cncc(-c2ncc(C(=O)O)s2)n1. The molecule has 2 rings (SSSR count). The first-order chi connectivity index (χ1) is 7.70. The van der Waals surface area contributed by atoms with Crippen LogP contribution in [0.15, 0.2) is 18.6 Å². The summed E-state index contributed by atoms with van der Waals surface area (Å²) in [4.78, 5) is 22.8. The molecule has 1 N–H and O–H groups in total. The van der Waals surface area contributed by atoms with Crippen LogP contribution in [0, 0.1) is 0 Å². The lowest BCUT2D eigenvalue weighted by atomic mass is 10.5. The second kappa shape index (κ2) is 4.23. The lowest BCUT2D eigenvalue weighted by Crippen LogP contribution is -1.91. The zero-order chi connectivity index (χ0) is 11.5. The summed E-state index contributed by atoms with van der Waals surface area (Å²) in [5, 5.41) is 9.26. The van der Waals surface area contributed by atoms with Crippen LogP contribution in [0.3, 0.4) is 0 Å². The van der Waals surface area contributed by atoms with Crippen molar-refractivity contribution in [2.24, 2.45) is 0 Å². The number of carboxylic acid groups (broad SMARTS) is 1. The molecule has 6 nitrogen and oxygen atoms in total. The molecule has 0 saturated carbocycles. The average molecular weight is 237 g/mol. The third-order valence-corrected chi connectivity index (χ3v) is 2.77. The number of carboxylic acids is 1. The highest BCUT2D eigenvalue weighted by Crippen LogP contribution is 2.23. The molecule has 0 unspecified atom stereocenters. The van der Waals surface area contributed by atoms with Crippen molar-refractivity contribution in [1.82, 2.24) is 15.0 Å². The van der Waals surface area contributed by atoms with E-state index in [1.807, 2.05) is 0 Å². The number of ether oxygens (including phenoxy) is 1. The highest BCUT2D eigenvalue weighted by Gasteiger charge is 2.11. The first-order valence-electron chi connectivity index (χ1n) is 4.26. The van der Waals surface area contributed by atoms with Crippen LogP contribution in [0.2, 0.25) is 0 Å². The Morgan fingerprint density at radius 3 is 2.88 bits per heavy atom. The number of rotatable bonds is 3. The van der Waals surface area contributed by atoms with Gasteiger partial charge in [0.2, 0.25) is 5.88 Å². The van der Waals surface area contributed by atoms with Crippen molar-refractivity contribution in [3.05, 3.63) is 23.5 Å². The summed E-state index contributed by atoms with van der Waals surface area (Å²) in [5.41, 5.74) is 0.497. The first kappa shape index (κ1) is 10.5. The fourth-order valence-electron chi connectivity index (χ4n) is 1.04. The molecule has 0 fully saturated rings. The molecule has 0 saturated heterocycles. The van der Waals surface area contributed by atoms with Gasteiger partial charge in [0.15, 0.2) is 0 Å². The van der Waals surface area contributed by atoms with Gasteiger partial charge in [-0.25, -0.2) is 14.8 Å². The number of methoxy groups -OCH3 is 1. The van der Waals surface area contributed by atoms with E-state index < -0.39 is 5.97 Å². The van der Waals surface area contributed by atoms with E-state index in [2.05, 4.69) is 15.0 Å². The summed E-state index contributed by atoms with van der Waals surface area (Å²) in [5.74, 6) is -0.635. The molecule has 7 heteroatoms. The van der Waals surface area contributed by atoms with E-state index in [4.69, 9.17) is 9.84 Å². The maximum atomic E-state index is 10.7. The van der Waals surface area contributed by atoms with E-state index in [1.54, 1.807) is 0 Å². The zero-order valence-corrected chi connectivity index (χ0v) is 9.06. The average Bonchev–Trinajstić information content (AvgIpc) is 2.78. The molecule has 0 aliphatic carbocycles. The number of carbonyl (C=O) groups is 1. The molecule has 16 heavy (non-hydrogen) atoms. The molecule has 0 bridgehead atoms. The van der Waals surface area contributed by atoms with Crippen molar-refractivity contribution in [3.63, 3.8) is 0 Å². The van der Waals surface area contributed by atoms with Crippen LogP contribution in [0.1, 0.15) is 9.67 Å². The molecule has 0 aliphatic rings. The summed E-state index contributed by atoms with van der Waals surface area (Å²) in [6.45, 7) is 0. The fraction of sp³-hybridized carbons (Fsp3) is 0.111. The Morgan fingerprint density at radius 2 is 2.25 bits per heavy atom. The summed E-state index contributed by atoms with van der Waals surface area (Å²) in [6, 6.07) is 0. The highest BCUT2D eigenvalue weighted by molar-refractivity contribution is 7.16. The van der Waals surface area contributed by atoms with Gasteiger partial charge in [0.1, 0.15) is 15.6 Å². The first-order valence-corrected chi connectivity index (χ1v) is 5.08. The van der Waals surface area contributed by atoms with Gasteiger partial charge >= 0.3 is 5.97 Å². The second-order valence-electron chi connectivity index (χ2n) is 2.78. The van der Waals surface area contributed by atoms with Crippen molar-refractivity contribution in [2.75, 3.05) is 7.11 Å². The van der Waals surface area contributed by atoms with Crippen molar-refractivity contribution in [2.45, 2.75) is 0 Å². The van der Waals surface area contributed by atoms with E-state index >= 15 is 0 Å². The van der Waals surface area contributed by atoms with Gasteiger partial charge in [-0.05, 0) is 0 Å². The number of aromatic nitrogens is 3. The van der Waals surface area contributed by atoms with Crippen molar-refractivity contribution < 1.29 is 14.6 Å².